The van der Waals surface area contributed by atoms with Gasteiger partial charge in [-0.25, -0.2) is 9.50 Å². The Balaban J connectivity index is 1.56. The second kappa shape index (κ2) is 5.69. The highest BCUT2D eigenvalue weighted by Gasteiger charge is 2.09. The molecule has 0 saturated heterocycles. The molecule has 0 amide bonds. The first kappa shape index (κ1) is 14.3. The highest BCUT2D eigenvalue weighted by atomic mass is 16.5. The fourth-order valence-electron chi connectivity index (χ4n) is 2.57. The van der Waals surface area contributed by atoms with Crippen molar-refractivity contribution in [2.24, 2.45) is 0 Å². The molecule has 2 heterocycles. The molecule has 0 aliphatic carbocycles. The van der Waals surface area contributed by atoms with Gasteiger partial charge in [0.25, 0.3) is 5.78 Å². The fraction of sp³-hybridized carbons (Fsp3) is 0.118. The van der Waals surface area contributed by atoms with Gasteiger partial charge in [-0.05, 0) is 29.8 Å². The van der Waals surface area contributed by atoms with Crippen LogP contribution >= 0.6 is 0 Å². The molecule has 120 valence electrons. The summed E-state index contributed by atoms with van der Waals surface area (Å²) in [5.41, 5.74) is 3.63. The van der Waals surface area contributed by atoms with E-state index in [-0.39, 0.29) is 12.4 Å². The number of carbonyl (C=O) groups excluding carboxylic acids is 1. The molecule has 0 fully saturated rings. The number of fused-ring (bicyclic) bond motifs is 3. The molecule has 0 unspecified atom stereocenters. The lowest BCUT2D eigenvalue weighted by atomic mass is 10.1. The molecule has 0 radical (unpaired) electrons. The van der Waals surface area contributed by atoms with Crippen LogP contribution in [0.25, 0.3) is 16.8 Å². The number of esters is 1. The third-order valence-electron chi connectivity index (χ3n) is 3.77. The number of rotatable bonds is 4. The van der Waals surface area contributed by atoms with Crippen LogP contribution in [0.5, 0.6) is 0 Å². The Labute approximate surface area is 137 Å². The highest BCUT2D eigenvalue weighted by Crippen LogP contribution is 2.19. The molecule has 0 saturated carbocycles. The van der Waals surface area contributed by atoms with E-state index in [0.29, 0.717) is 11.7 Å². The molecule has 4 aromatic rings. The molecule has 7 nitrogen and oxygen atoms in total. The van der Waals surface area contributed by atoms with E-state index in [1.807, 2.05) is 53.0 Å². The molecule has 0 atom stereocenters. The van der Waals surface area contributed by atoms with Crippen molar-refractivity contribution in [2.75, 3.05) is 12.4 Å². The summed E-state index contributed by atoms with van der Waals surface area (Å²) in [6.45, 7) is 0. The van der Waals surface area contributed by atoms with Gasteiger partial charge in [0.1, 0.15) is 0 Å². The van der Waals surface area contributed by atoms with Crippen LogP contribution in [0.2, 0.25) is 0 Å². The number of nitrogens with zero attached hydrogens (tertiary/aromatic N) is 3. The molecular formula is C17H15N5O2. The molecular weight excluding hydrogens is 306 g/mol. The van der Waals surface area contributed by atoms with Crippen LogP contribution < -0.4 is 5.32 Å². The topological polar surface area (TPSA) is 84.3 Å². The van der Waals surface area contributed by atoms with Gasteiger partial charge in [0.15, 0.2) is 0 Å². The number of aromatic nitrogens is 4. The van der Waals surface area contributed by atoms with E-state index >= 15 is 0 Å². The van der Waals surface area contributed by atoms with Crippen molar-refractivity contribution in [1.82, 2.24) is 19.6 Å². The molecule has 0 aliphatic rings. The molecule has 7 heteroatoms. The van der Waals surface area contributed by atoms with Crippen LogP contribution in [0.1, 0.15) is 5.56 Å². The number of ether oxygens (including phenoxy) is 1. The smallest absolute Gasteiger partial charge is 0.309 e. The lowest BCUT2D eigenvalue weighted by Crippen LogP contribution is -2.04. The zero-order valence-corrected chi connectivity index (χ0v) is 13.0. The third kappa shape index (κ3) is 2.56. The number of nitrogens with one attached hydrogen (secondary N) is 2. The average molecular weight is 321 g/mol. The van der Waals surface area contributed by atoms with Crippen LogP contribution in [0, 0.1) is 0 Å². The summed E-state index contributed by atoms with van der Waals surface area (Å²) in [5, 5.41) is 6.38. The first-order valence-corrected chi connectivity index (χ1v) is 7.49. The molecule has 24 heavy (non-hydrogen) atoms. The van der Waals surface area contributed by atoms with E-state index in [0.717, 1.165) is 22.3 Å². The van der Waals surface area contributed by atoms with Crippen molar-refractivity contribution < 1.29 is 9.53 Å². The van der Waals surface area contributed by atoms with Gasteiger partial charge in [0.2, 0.25) is 5.95 Å². The predicted octanol–water partition coefficient (Wildman–Crippen LogP) is 2.67. The van der Waals surface area contributed by atoms with Crippen LogP contribution in [-0.2, 0) is 16.0 Å². The Hall–Kier alpha value is -3.35. The zero-order valence-electron chi connectivity index (χ0n) is 13.0. The first-order chi connectivity index (χ1) is 11.7. The first-order valence-electron chi connectivity index (χ1n) is 7.49. The van der Waals surface area contributed by atoms with Crippen molar-refractivity contribution >= 4 is 34.4 Å². The maximum Gasteiger partial charge on any atom is 0.309 e. The number of imidazole rings is 1. The molecule has 0 spiro atoms. The second-order valence-corrected chi connectivity index (χ2v) is 5.38. The van der Waals surface area contributed by atoms with Gasteiger partial charge in [0.05, 0.1) is 24.6 Å². The largest absolute Gasteiger partial charge is 0.469 e. The predicted molar refractivity (Wildman–Crippen MR) is 90.3 cm³/mol. The molecule has 4 rings (SSSR count). The Morgan fingerprint density at radius 2 is 1.96 bits per heavy atom. The average Bonchev–Trinajstić information content (AvgIpc) is 3.13. The third-order valence-corrected chi connectivity index (χ3v) is 3.77. The SMILES string of the molecule is COC(=O)Cc1ccc(Nc2nc3nc4ccccc4n3[nH]2)cc1. The van der Waals surface area contributed by atoms with E-state index in [9.17, 15) is 4.79 Å². The summed E-state index contributed by atoms with van der Waals surface area (Å²) in [7, 11) is 1.38. The minimum absolute atomic E-state index is 0.255. The number of hydrogen-bond donors (Lipinski definition) is 2. The molecule has 2 aromatic heterocycles. The highest BCUT2D eigenvalue weighted by molar-refractivity contribution is 5.79. The van der Waals surface area contributed by atoms with Crippen LogP contribution in [0.15, 0.2) is 48.5 Å². The number of anilines is 2. The molecule has 2 aromatic carbocycles. The number of hydrogen-bond acceptors (Lipinski definition) is 5. The quantitative estimate of drug-likeness (QED) is 0.565. The lowest BCUT2D eigenvalue weighted by Gasteiger charge is -2.04. The Morgan fingerprint density at radius 3 is 2.75 bits per heavy atom. The minimum Gasteiger partial charge on any atom is -0.469 e. The van der Waals surface area contributed by atoms with Crippen molar-refractivity contribution in [3.8, 4) is 0 Å². The number of methoxy groups -OCH3 is 1. The van der Waals surface area contributed by atoms with Crippen molar-refractivity contribution in [1.29, 1.82) is 0 Å². The standard InChI is InChI=1S/C17H15N5O2/c1-24-15(23)10-11-6-8-12(9-7-11)18-16-20-17-19-13-4-2-3-5-14(13)22(17)21-16/h2-9H,10H2,1H3,(H2,18,19,20,21). The summed E-state index contributed by atoms with van der Waals surface area (Å²) >= 11 is 0. The Bertz CT molecular complexity index is 1020. The van der Waals surface area contributed by atoms with E-state index in [1.54, 1.807) is 0 Å². The lowest BCUT2D eigenvalue weighted by molar-refractivity contribution is -0.139. The van der Waals surface area contributed by atoms with Gasteiger partial charge in [-0.15, -0.1) is 0 Å². The van der Waals surface area contributed by atoms with Crippen molar-refractivity contribution in [3.05, 3.63) is 54.1 Å². The Kier molecular flexibility index (Phi) is 3.38. The number of H-pyrrole nitrogens is 1. The van der Waals surface area contributed by atoms with Crippen LogP contribution in [-0.4, -0.2) is 32.7 Å². The van der Waals surface area contributed by atoms with E-state index < -0.39 is 0 Å². The number of para-hydroxylation sites is 2. The number of carbonyl (C=O) groups is 1. The van der Waals surface area contributed by atoms with Gasteiger partial charge < -0.3 is 10.1 Å². The molecule has 2 N–H and O–H groups in total. The van der Waals surface area contributed by atoms with E-state index in [1.165, 1.54) is 7.11 Å². The zero-order chi connectivity index (χ0) is 16.5. The maximum atomic E-state index is 11.3. The summed E-state index contributed by atoms with van der Waals surface area (Å²) in [6, 6.07) is 15.4. The normalized spacial score (nSPS) is 11.0. The number of aromatic amines is 1. The van der Waals surface area contributed by atoms with Crippen LogP contribution in [0.3, 0.4) is 0 Å². The second-order valence-electron chi connectivity index (χ2n) is 5.38. The monoisotopic (exact) mass is 321 g/mol. The summed E-state index contributed by atoms with van der Waals surface area (Å²) in [5.74, 6) is 0.958. The van der Waals surface area contributed by atoms with Gasteiger partial charge in [-0.1, -0.05) is 24.3 Å². The molecule has 0 bridgehead atoms. The minimum atomic E-state index is -0.255. The summed E-state index contributed by atoms with van der Waals surface area (Å²) in [4.78, 5) is 20.2. The van der Waals surface area contributed by atoms with Crippen molar-refractivity contribution in [2.45, 2.75) is 6.42 Å². The maximum absolute atomic E-state index is 11.3. The van der Waals surface area contributed by atoms with Gasteiger partial charge in [-0.3, -0.25) is 9.89 Å². The van der Waals surface area contributed by atoms with Crippen LogP contribution in [0.4, 0.5) is 11.6 Å². The molecule has 0 aliphatic heterocycles. The van der Waals surface area contributed by atoms with Gasteiger partial charge in [0, 0.05) is 5.69 Å². The summed E-state index contributed by atoms with van der Waals surface area (Å²) in [6.07, 6.45) is 0.261. The van der Waals surface area contributed by atoms with Crippen molar-refractivity contribution in [3.63, 3.8) is 0 Å². The van der Waals surface area contributed by atoms with E-state index in [2.05, 4.69) is 25.1 Å². The van der Waals surface area contributed by atoms with Gasteiger partial charge in [-0.2, -0.15) is 4.98 Å². The number of benzene rings is 2. The Morgan fingerprint density at radius 1 is 1.17 bits per heavy atom. The van der Waals surface area contributed by atoms with E-state index in [4.69, 9.17) is 0 Å². The summed E-state index contributed by atoms with van der Waals surface area (Å²) < 4.78 is 6.50. The van der Waals surface area contributed by atoms with Gasteiger partial charge >= 0.3 is 5.97 Å². The fourth-order valence-corrected chi connectivity index (χ4v) is 2.57.